The summed E-state index contributed by atoms with van der Waals surface area (Å²) in [6.45, 7) is 8.56. The van der Waals surface area contributed by atoms with Gasteiger partial charge in [0.2, 0.25) is 0 Å². The van der Waals surface area contributed by atoms with Crippen LogP contribution in [0.25, 0.3) is 0 Å². The number of aromatic nitrogens is 4. The van der Waals surface area contributed by atoms with Gasteiger partial charge in [-0.1, -0.05) is 24.6 Å². The number of rotatable bonds is 9. The molecule has 0 aliphatic heterocycles. The first-order chi connectivity index (χ1) is 14.1. The average molecular weight is 436 g/mol. The van der Waals surface area contributed by atoms with Crippen molar-refractivity contribution in [2.24, 2.45) is 4.99 Å². The van der Waals surface area contributed by atoms with Gasteiger partial charge in [-0.3, -0.25) is 0 Å². The van der Waals surface area contributed by atoms with Gasteiger partial charge in [-0.2, -0.15) is 0 Å². The fraction of sp³-hybridized carbons (Fsp3) is 0.700. The van der Waals surface area contributed by atoms with Crippen LogP contribution in [0.5, 0.6) is 0 Å². The van der Waals surface area contributed by atoms with Gasteiger partial charge >= 0.3 is 0 Å². The molecule has 1 saturated carbocycles. The maximum absolute atomic E-state index is 4.73. The Balaban J connectivity index is 1.53. The van der Waals surface area contributed by atoms with Crippen molar-refractivity contribution >= 4 is 29.1 Å². The molecule has 2 N–H and O–H groups in total. The lowest BCUT2D eigenvalue weighted by molar-refractivity contribution is 0.460. The Bertz CT molecular complexity index is 806. The van der Waals surface area contributed by atoms with Crippen LogP contribution in [-0.2, 0) is 13.0 Å². The topological polar surface area (TPSA) is 80.0 Å². The number of nitrogens with zero attached hydrogens (tertiary/aromatic N) is 5. The second kappa shape index (κ2) is 11.0. The van der Waals surface area contributed by atoms with E-state index < -0.39 is 0 Å². The van der Waals surface area contributed by atoms with Crippen LogP contribution in [0.2, 0.25) is 0 Å². The van der Waals surface area contributed by atoms with Crippen LogP contribution in [0.3, 0.4) is 0 Å². The van der Waals surface area contributed by atoms with E-state index in [1.165, 1.54) is 30.6 Å². The van der Waals surface area contributed by atoms with Crippen molar-refractivity contribution in [3.05, 3.63) is 21.4 Å². The Labute approximate surface area is 182 Å². The number of nitrogens with one attached hydrogen (secondary N) is 2. The summed E-state index contributed by atoms with van der Waals surface area (Å²) in [7, 11) is 0. The zero-order chi connectivity index (χ0) is 20.6. The van der Waals surface area contributed by atoms with Gasteiger partial charge in [-0.05, 0) is 46.3 Å². The van der Waals surface area contributed by atoms with Crippen molar-refractivity contribution in [3.63, 3.8) is 0 Å². The standard InChI is InChI=1S/C20H33N7S2/c1-5-21-19(23-13-17-14(2)24-15(3)29-17)22-12-8-11-18-25-26-20(28-4)27(18)16-9-6-7-10-16/h16H,5-13H2,1-4H3,(H2,21,22,23). The second-order valence-electron chi connectivity index (χ2n) is 7.38. The van der Waals surface area contributed by atoms with Crippen LogP contribution < -0.4 is 10.6 Å². The number of aryl methyl sites for hydroxylation is 3. The van der Waals surface area contributed by atoms with E-state index in [0.29, 0.717) is 12.6 Å². The molecule has 0 saturated heterocycles. The molecule has 0 amide bonds. The van der Waals surface area contributed by atoms with Crippen LogP contribution >= 0.6 is 23.1 Å². The van der Waals surface area contributed by atoms with Gasteiger partial charge in [0.05, 0.1) is 17.2 Å². The summed E-state index contributed by atoms with van der Waals surface area (Å²) in [5.74, 6) is 1.99. The molecule has 2 aromatic rings. The van der Waals surface area contributed by atoms with E-state index in [1.54, 1.807) is 23.1 Å². The van der Waals surface area contributed by atoms with E-state index in [9.17, 15) is 0 Å². The van der Waals surface area contributed by atoms with E-state index in [1.807, 2.05) is 6.92 Å². The molecule has 29 heavy (non-hydrogen) atoms. The summed E-state index contributed by atoms with van der Waals surface area (Å²) in [4.78, 5) is 10.4. The Kier molecular flexibility index (Phi) is 8.35. The Morgan fingerprint density at radius 1 is 1.24 bits per heavy atom. The smallest absolute Gasteiger partial charge is 0.191 e. The second-order valence-corrected chi connectivity index (χ2v) is 9.44. The van der Waals surface area contributed by atoms with E-state index >= 15 is 0 Å². The van der Waals surface area contributed by atoms with Crippen LogP contribution in [0.15, 0.2) is 10.1 Å². The Morgan fingerprint density at radius 2 is 2.03 bits per heavy atom. The predicted octanol–water partition coefficient (Wildman–Crippen LogP) is 3.88. The van der Waals surface area contributed by atoms with Gasteiger partial charge in [0.15, 0.2) is 11.1 Å². The van der Waals surface area contributed by atoms with E-state index in [-0.39, 0.29) is 0 Å². The minimum Gasteiger partial charge on any atom is -0.357 e. The highest BCUT2D eigenvalue weighted by Crippen LogP contribution is 2.33. The molecule has 0 radical (unpaired) electrons. The molecule has 0 spiro atoms. The highest BCUT2D eigenvalue weighted by atomic mass is 32.2. The lowest BCUT2D eigenvalue weighted by atomic mass is 10.2. The highest BCUT2D eigenvalue weighted by Gasteiger charge is 2.23. The maximum Gasteiger partial charge on any atom is 0.191 e. The normalized spacial score (nSPS) is 15.2. The first-order valence-electron chi connectivity index (χ1n) is 10.5. The van der Waals surface area contributed by atoms with Gasteiger partial charge in [0.25, 0.3) is 0 Å². The maximum atomic E-state index is 4.73. The number of hydrogen-bond acceptors (Lipinski definition) is 6. The number of guanidine groups is 1. The molecule has 7 nitrogen and oxygen atoms in total. The van der Waals surface area contributed by atoms with Crippen molar-refractivity contribution in [2.75, 3.05) is 19.3 Å². The monoisotopic (exact) mass is 435 g/mol. The summed E-state index contributed by atoms with van der Waals surface area (Å²) in [6, 6.07) is 0.584. The molecule has 1 fully saturated rings. The molecular weight excluding hydrogens is 402 g/mol. The molecule has 160 valence electrons. The van der Waals surface area contributed by atoms with Crippen LogP contribution in [0.1, 0.15) is 66.5 Å². The molecule has 0 aromatic carbocycles. The summed E-state index contributed by atoms with van der Waals surface area (Å²) >= 11 is 3.43. The van der Waals surface area contributed by atoms with Gasteiger partial charge in [0.1, 0.15) is 5.82 Å². The summed E-state index contributed by atoms with van der Waals surface area (Å²) < 4.78 is 2.39. The van der Waals surface area contributed by atoms with E-state index in [4.69, 9.17) is 4.99 Å². The molecule has 1 aliphatic rings. The third-order valence-electron chi connectivity index (χ3n) is 5.20. The SMILES string of the molecule is CCNC(=NCc1sc(C)nc1C)NCCCc1nnc(SC)n1C1CCCC1. The summed E-state index contributed by atoms with van der Waals surface area (Å²) in [6.07, 6.45) is 9.17. The van der Waals surface area contributed by atoms with Crippen LogP contribution in [0.4, 0.5) is 0 Å². The fourth-order valence-electron chi connectivity index (χ4n) is 3.81. The zero-order valence-electron chi connectivity index (χ0n) is 18.0. The van der Waals surface area contributed by atoms with Crippen molar-refractivity contribution < 1.29 is 0 Å². The van der Waals surface area contributed by atoms with Gasteiger partial charge in [-0.25, -0.2) is 9.98 Å². The average Bonchev–Trinajstić information content (AvgIpc) is 3.42. The molecule has 2 heterocycles. The van der Waals surface area contributed by atoms with Crippen molar-refractivity contribution in [3.8, 4) is 0 Å². The number of thiazole rings is 1. The highest BCUT2D eigenvalue weighted by molar-refractivity contribution is 7.98. The number of aliphatic imine (C=N–C) groups is 1. The van der Waals surface area contributed by atoms with E-state index in [0.717, 1.165) is 53.6 Å². The molecular formula is C20H33N7S2. The zero-order valence-corrected chi connectivity index (χ0v) is 19.6. The van der Waals surface area contributed by atoms with Crippen molar-refractivity contribution in [2.45, 2.75) is 77.0 Å². The first kappa shape index (κ1) is 22.1. The lowest BCUT2D eigenvalue weighted by Gasteiger charge is -2.16. The Hall–Kier alpha value is -1.61. The molecule has 1 aliphatic carbocycles. The fourth-order valence-corrected chi connectivity index (χ4v) is 5.25. The molecule has 2 aromatic heterocycles. The molecule has 0 atom stereocenters. The third kappa shape index (κ3) is 5.94. The van der Waals surface area contributed by atoms with E-state index in [2.05, 4.69) is 50.5 Å². The van der Waals surface area contributed by atoms with Crippen LogP contribution in [-0.4, -0.2) is 45.1 Å². The van der Waals surface area contributed by atoms with Gasteiger partial charge in [-0.15, -0.1) is 21.5 Å². The van der Waals surface area contributed by atoms with Crippen molar-refractivity contribution in [1.29, 1.82) is 0 Å². The molecule has 3 rings (SSSR count). The van der Waals surface area contributed by atoms with Crippen LogP contribution in [0, 0.1) is 13.8 Å². The molecule has 9 heteroatoms. The summed E-state index contributed by atoms with van der Waals surface area (Å²) in [5, 5.41) is 17.8. The first-order valence-corrected chi connectivity index (χ1v) is 12.6. The minimum absolute atomic E-state index is 0.584. The number of thioether (sulfide) groups is 1. The molecule has 0 bridgehead atoms. The summed E-state index contributed by atoms with van der Waals surface area (Å²) in [5.41, 5.74) is 1.09. The molecule has 0 unspecified atom stereocenters. The third-order valence-corrected chi connectivity index (χ3v) is 6.90. The predicted molar refractivity (Wildman–Crippen MR) is 122 cm³/mol. The largest absolute Gasteiger partial charge is 0.357 e. The quantitative estimate of drug-likeness (QED) is 0.269. The Morgan fingerprint density at radius 3 is 2.69 bits per heavy atom. The lowest BCUT2D eigenvalue weighted by Crippen LogP contribution is -2.37. The van der Waals surface area contributed by atoms with Gasteiger partial charge in [0, 0.05) is 30.4 Å². The minimum atomic E-state index is 0.584. The van der Waals surface area contributed by atoms with Gasteiger partial charge < -0.3 is 15.2 Å². The number of hydrogen-bond donors (Lipinski definition) is 2. The van der Waals surface area contributed by atoms with Crippen molar-refractivity contribution in [1.82, 2.24) is 30.4 Å².